The van der Waals surface area contributed by atoms with Gasteiger partial charge in [-0.1, -0.05) is 43.1 Å². The van der Waals surface area contributed by atoms with E-state index in [2.05, 4.69) is 18.8 Å². The van der Waals surface area contributed by atoms with Crippen molar-refractivity contribution in [2.75, 3.05) is 0 Å². The van der Waals surface area contributed by atoms with E-state index in [0.717, 1.165) is 12.0 Å². The summed E-state index contributed by atoms with van der Waals surface area (Å²) in [4.78, 5) is 4.24. The molecule has 1 atom stereocenters. The summed E-state index contributed by atoms with van der Waals surface area (Å²) in [6.07, 6.45) is 2.43. The van der Waals surface area contributed by atoms with Crippen LogP contribution in [0, 0.1) is 0 Å². The van der Waals surface area contributed by atoms with E-state index in [4.69, 9.17) is 23.2 Å². The van der Waals surface area contributed by atoms with Gasteiger partial charge in [0, 0.05) is 16.8 Å². The van der Waals surface area contributed by atoms with E-state index in [9.17, 15) is 10.2 Å². The quantitative estimate of drug-likeness (QED) is 0.706. The van der Waals surface area contributed by atoms with Crippen LogP contribution in [-0.4, -0.2) is 16.4 Å². The van der Waals surface area contributed by atoms with Crippen molar-refractivity contribution in [1.82, 2.24) is 0 Å². The minimum atomic E-state index is -0.0904. The van der Waals surface area contributed by atoms with Crippen LogP contribution in [0.5, 0.6) is 11.5 Å². The van der Waals surface area contributed by atoms with Gasteiger partial charge in [-0.2, -0.15) is 0 Å². The highest BCUT2D eigenvalue weighted by Gasteiger charge is 2.08. The number of benzene rings is 2. The van der Waals surface area contributed by atoms with Gasteiger partial charge in [-0.15, -0.1) is 0 Å². The summed E-state index contributed by atoms with van der Waals surface area (Å²) in [6.45, 7) is 4.22. The van der Waals surface area contributed by atoms with Crippen LogP contribution in [0.2, 0.25) is 10.0 Å². The molecular weight excluding hydrogens is 321 g/mol. The first-order valence-corrected chi connectivity index (χ1v) is 7.73. The summed E-state index contributed by atoms with van der Waals surface area (Å²) < 4.78 is 0. The zero-order valence-corrected chi connectivity index (χ0v) is 13.9. The zero-order valence-electron chi connectivity index (χ0n) is 12.3. The lowest BCUT2D eigenvalue weighted by atomic mass is 9.98. The molecule has 5 heteroatoms. The Morgan fingerprint density at radius 3 is 2.59 bits per heavy atom. The highest BCUT2D eigenvalue weighted by molar-refractivity contribution is 6.36. The lowest BCUT2D eigenvalue weighted by Crippen LogP contribution is -1.90. The second kappa shape index (κ2) is 7.03. The zero-order chi connectivity index (χ0) is 16.3. The molecule has 2 N–H and O–H groups in total. The normalized spacial score (nSPS) is 12.7. The number of phenols is 2. The Morgan fingerprint density at radius 2 is 1.91 bits per heavy atom. The maximum Gasteiger partial charge on any atom is 0.143 e. The van der Waals surface area contributed by atoms with Crippen LogP contribution >= 0.6 is 23.2 Å². The van der Waals surface area contributed by atoms with Gasteiger partial charge >= 0.3 is 0 Å². The van der Waals surface area contributed by atoms with Crippen LogP contribution in [-0.2, 0) is 0 Å². The van der Waals surface area contributed by atoms with Gasteiger partial charge in [0.1, 0.15) is 17.2 Å². The SMILES string of the molecule is CC[C@H](C)c1ccc(O)c(N=Cc2cc(Cl)cc(Cl)c2O)c1. The summed E-state index contributed by atoms with van der Waals surface area (Å²) >= 11 is 11.8. The molecule has 3 nitrogen and oxygen atoms in total. The maximum absolute atomic E-state index is 9.92. The van der Waals surface area contributed by atoms with E-state index in [1.54, 1.807) is 12.1 Å². The number of aliphatic imine (C=N–C) groups is 1. The Labute approximate surface area is 139 Å². The molecule has 0 aliphatic rings. The van der Waals surface area contributed by atoms with E-state index in [1.807, 2.05) is 12.1 Å². The number of halogens is 2. The highest BCUT2D eigenvalue weighted by Crippen LogP contribution is 2.33. The van der Waals surface area contributed by atoms with Crippen molar-refractivity contribution in [2.45, 2.75) is 26.2 Å². The predicted molar refractivity (Wildman–Crippen MR) is 92.2 cm³/mol. The Morgan fingerprint density at radius 1 is 1.18 bits per heavy atom. The number of rotatable bonds is 4. The molecule has 0 fully saturated rings. The summed E-state index contributed by atoms with van der Waals surface area (Å²) in [5.41, 5.74) is 1.93. The van der Waals surface area contributed by atoms with E-state index in [1.165, 1.54) is 12.3 Å². The summed E-state index contributed by atoms with van der Waals surface area (Å²) in [5.74, 6) is 0.367. The van der Waals surface area contributed by atoms with Crippen LogP contribution in [0.4, 0.5) is 5.69 Å². The van der Waals surface area contributed by atoms with Crippen LogP contribution in [0.25, 0.3) is 0 Å². The minimum absolute atomic E-state index is 0.0796. The molecule has 116 valence electrons. The second-order valence-corrected chi connectivity index (χ2v) is 5.98. The standard InChI is InChI=1S/C17H17Cl2NO2/c1-3-10(2)11-4-5-16(21)15(7-11)20-9-12-6-13(18)8-14(19)17(12)22/h4-10,21-22H,3H2,1-2H3/t10-/m0/s1. The molecule has 2 aromatic rings. The lowest BCUT2D eigenvalue weighted by molar-refractivity contribution is 0.474. The van der Waals surface area contributed by atoms with Crippen molar-refractivity contribution in [3.05, 3.63) is 51.5 Å². The molecule has 0 amide bonds. The summed E-state index contributed by atoms with van der Waals surface area (Å²) in [7, 11) is 0. The van der Waals surface area contributed by atoms with Crippen LogP contribution in [0.15, 0.2) is 35.3 Å². The van der Waals surface area contributed by atoms with E-state index < -0.39 is 0 Å². The molecule has 2 aromatic carbocycles. The predicted octanol–water partition coefficient (Wildman–Crippen LogP) is 5.67. The first-order valence-electron chi connectivity index (χ1n) is 6.97. The first kappa shape index (κ1) is 16.7. The Bertz CT molecular complexity index is 714. The minimum Gasteiger partial charge on any atom is -0.506 e. The van der Waals surface area contributed by atoms with Crippen molar-refractivity contribution in [3.63, 3.8) is 0 Å². The summed E-state index contributed by atoms with van der Waals surface area (Å²) in [5, 5.41) is 20.4. The average Bonchev–Trinajstić information content (AvgIpc) is 2.50. The van der Waals surface area contributed by atoms with E-state index in [-0.39, 0.29) is 16.5 Å². The van der Waals surface area contributed by atoms with Gasteiger partial charge in [-0.05, 0) is 42.2 Å². The molecule has 0 aliphatic heterocycles. The molecule has 0 radical (unpaired) electrons. The highest BCUT2D eigenvalue weighted by atomic mass is 35.5. The van der Waals surface area contributed by atoms with Gasteiger partial charge in [0.15, 0.2) is 0 Å². The molecule has 0 aliphatic carbocycles. The Balaban J connectivity index is 2.38. The molecule has 22 heavy (non-hydrogen) atoms. The topological polar surface area (TPSA) is 52.8 Å². The van der Waals surface area contributed by atoms with Gasteiger partial charge in [0.05, 0.1) is 5.02 Å². The fraction of sp³-hybridized carbons (Fsp3) is 0.235. The van der Waals surface area contributed by atoms with Crippen molar-refractivity contribution in [2.24, 2.45) is 4.99 Å². The Hall–Kier alpha value is -1.71. The Kier molecular flexibility index (Phi) is 5.33. The molecule has 0 bridgehead atoms. The van der Waals surface area contributed by atoms with Gasteiger partial charge in [-0.25, -0.2) is 0 Å². The third kappa shape index (κ3) is 3.73. The van der Waals surface area contributed by atoms with Crippen molar-refractivity contribution in [1.29, 1.82) is 0 Å². The maximum atomic E-state index is 9.92. The molecule has 0 heterocycles. The number of nitrogens with zero attached hydrogens (tertiary/aromatic N) is 1. The fourth-order valence-corrected chi connectivity index (χ4v) is 2.52. The molecule has 2 rings (SSSR count). The molecule has 0 saturated heterocycles. The summed E-state index contributed by atoms with van der Waals surface area (Å²) in [6, 6.07) is 8.36. The molecule has 0 aromatic heterocycles. The number of aromatic hydroxyl groups is 2. The largest absolute Gasteiger partial charge is 0.506 e. The molecular formula is C17H17Cl2NO2. The monoisotopic (exact) mass is 337 g/mol. The van der Waals surface area contributed by atoms with Crippen molar-refractivity contribution < 1.29 is 10.2 Å². The van der Waals surface area contributed by atoms with Crippen LogP contribution < -0.4 is 0 Å². The average molecular weight is 338 g/mol. The second-order valence-electron chi connectivity index (χ2n) is 5.14. The van der Waals surface area contributed by atoms with Gasteiger partial charge in [-0.3, -0.25) is 4.99 Å². The van der Waals surface area contributed by atoms with Crippen LogP contribution in [0.1, 0.15) is 37.3 Å². The van der Waals surface area contributed by atoms with Crippen molar-refractivity contribution in [3.8, 4) is 11.5 Å². The number of phenolic OH excluding ortho intramolecular Hbond substituents is 2. The smallest absolute Gasteiger partial charge is 0.143 e. The van der Waals surface area contributed by atoms with Gasteiger partial charge in [0.25, 0.3) is 0 Å². The van der Waals surface area contributed by atoms with Crippen LogP contribution in [0.3, 0.4) is 0 Å². The lowest BCUT2D eigenvalue weighted by Gasteiger charge is -2.10. The van der Waals surface area contributed by atoms with Crippen molar-refractivity contribution >= 4 is 35.1 Å². The van der Waals surface area contributed by atoms with E-state index >= 15 is 0 Å². The third-order valence-electron chi connectivity index (χ3n) is 3.58. The van der Waals surface area contributed by atoms with E-state index in [0.29, 0.717) is 22.2 Å². The van der Waals surface area contributed by atoms with Gasteiger partial charge in [0.2, 0.25) is 0 Å². The third-order valence-corrected chi connectivity index (χ3v) is 4.09. The molecule has 0 unspecified atom stereocenters. The number of hydrogen-bond acceptors (Lipinski definition) is 3. The van der Waals surface area contributed by atoms with Gasteiger partial charge < -0.3 is 10.2 Å². The fourth-order valence-electron chi connectivity index (χ4n) is 2.01. The molecule has 0 spiro atoms. The number of hydrogen-bond donors (Lipinski definition) is 2. The first-order chi connectivity index (χ1) is 10.4. The molecule has 0 saturated carbocycles.